The number of aliphatic hydroxyl groups is 32. The van der Waals surface area contributed by atoms with Gasteiger partial charge in [0.05, 0.1) is 78.3 Å². The zero-order valence-electron chi connectivity index (χ0n) is 77.0. The van der Waals surface area contributed by atoms with Crippen LogP contribution in [0.3, 0.4) is 0 Å². The van der Waals surface area contributed by atoms with Crippen molar-refractivity contribution in [3.63, 3.8) is 0 Å². The number of amides is 4. The molecule has 0 spiro atoms. The van der Waals surface area contributed by atoms with Gasteiger partial charge in [-0.25, -0.2) is 0 Å². The van der Waals surface area contributed by atoms with Crippen molar-refractivity contribution >= 4 is 23.6 Å². The van der Waals surface area contributed by atoms with Crippen LogP contribution in [0, 0.1) is 0 Å². The Morgan fingerprint density at radius 3 is 0.734 bits per heavy atom. The van der Waals surface area contributed by atoms with Gasteiger partial charge < -0.3 is 294 Å². The third-order valence-corrected chi connectivity index (χ3v) is 26.6. The molecule has 63 nitrogen and oxygen atoms in total. The van der Waals surface area contributed by atoms with E-state index in [1.165, 1.54) is 13.8 Å². The van der Waals surface area contributed by atoms with E-state index in [-0.39, 0.29) is 0 Å². The number of rotatable bonds is 36. The van der Waals surface area contributed by atoms with E-state index >= 15 is 0 Å². The summed E-state index contributed by atoms with van der Waals surface area (Å²) in [7, 11) is 0. The lowest BCUT2D eigenvalue weighted by Gasteiger charge is -2.52. The first-order valence-electron chi connectivity index (χ1n) is 45.9. The first-order chi connectivity index (χ1) is 67.6. The van der Waals surface area contributed by atoms with Gasteiger partial charge in [-0.1, -0.05) is 0 Å². The van der Waals surface area contributed by atoms with Crippen molar-refractivity contribution in [3.8, 4) is 0 Å². The number of carbonyl (C=O) groups is 4. The summed E-state index contributed by atoms with van der Waals surface area (Å²) in [6.45, 7) is -5.85. The highest BCUT2D eigenvalue weighted by molar-refractivity contribution is 5.74. The van der Waals surface area contributed by atoms with Gasteiger partial charge in [0.1, 0.15) is 281 Å². The Hall–Kier alpha value is -4.32. The van der Waals surface area contributed by atoms with E-state index in [2.05, 4.69) is 21.3 Å². The fraction of sp³-hybridized carbons (Fsp3) is 0.950. The molecule has 143 heavy (non-hydrogen) atoms. The highest BCUT2D eigenvalue weighted by Crippen LogP contribution is 2.44. The van der Waals surface area contributed by atoms with Crippen molar-refractivity contribution in [3.05, 3.63) is 0 Å². The highest BCUT2D eigenvalue weighted by atomic mass is 16.8. The lowest BCUT2D eigenvalue weighted by atomic mass is 9.93. The molecule has 0 aliphatic carbocycles. The van der Waals surface area contributed by atoms with Crippen LogP contribution in [0.5, 0.6) is 0 Å². The van der Waals surface area contributed by atoms with Crippen LogP contribution in [0.2, 0.25) is 0 Å². The Balaban J connectivity index is 0.875. The molecule has 12 aliphatic heterocycles. The molecule has 828 valence electrons. The molecule has 0 aromatic carbocycles. The maximum atomic E-state index is 13.9. The number of aliphatic hydroxyl groups excluding tert-OH is 32. The molecule has 0 aromatic heterocycles. The average molecular weight is 2100 g/mol. The summed E-state index contributed by atoms with van der Waals surface area (Å²) in [6, 6.07) is -8.16. The van der Waals surface area contributed by atoms with E-state index < -0.39 is 458 Å². The van der Waals surface area contributed by atoms with Crippen LogP contribution < -0.4 is 21.3 Å². The molecule has 0 saturated carbocycles. The summed E-state index contributed by atoms with van der Waals surface area (Å²) in [5.74, 6) is -4.10. The average Bonchev–Trinajstić information content (AvgIpc) is 0.761. The molecule has 0 radical (unpaired) electrons. The van der Waals surface area contributed by atoms with Gasteiger partial charge in [-0.15, -0.1) is 0 Å². The van der Waals surface area contributed by atoms with E-state index in [9.17, 15) is 183 Å². The lowest BCUT2D eigenvalue weighted by molar-refractivity contribution is -0.399. The quantitative estimate of drug-likeness (QED) is 0.0277. The smallest absolute Gasteiger partial charge is 0.217 e. The molecular formula is C80H134N4O59. The summed E-state index contributed by atoms with van der Waals surface area (Å²) in [6.07, 6.45) is -120. The molecule has 12 saturated heterocycles. The Morgan fingerprint density at radius 2 is 0.413 bits per heavy atom. The van der Waals surface area contributed by atoms with Crippen molar-refractivity contribution in [2.45, 2.75) is 410 Å². The molecule has 12 fully saturated rings. The molecule has 12 aliphatic rings. The maximum Gasteiger partial charge on any atom is 0.217 e. The van der Waals surface area contributed by atoms with Crippen molar-refractivity contribution < 1.29 is 292 Å². The fourth-order valence-corrected chi connectivity index (χ4v) is 18.8. The molecule has 60 atom stereocenters. The number of ether oxygens (including phenoxy) is 23. The Labute approximate surface area is 809 Å². The van der Waals surface area contributed by atoms with Gasteiger partial charge in [-0.2, -0.15) is 0 Å². The van der Waals surface area contributed by atoms with Gasteiger partial charge in [0.15, 0.2) is 75.5 Å². The van der Waals surface area contributed by atoms with E-state index in [1.807, 2.05) is 0 Å². The molecule has 1 unspecified atom stereocenters. The third-order valence-electron chi connectivity index (χ3n) is 26.6. The summed E-state index contributed by atoms with van der Waals surface area (Å²) in [5, 5.41) is 369. The van der Waals surface area contributed by atoms with Gasteiger partial charge in [0, 0.05) is 27.7 Å². The molecule has 0 aromatic rings. The van der Waals surface area contributed by atoms with E-state index in [0.717, 1.165) is 27.7 Å². The van der Waals surface area contributed by atoms with Crippen molar-refractivity contribution in [2.75, 3.05) is 66.1 Å². The Morgan fingerprint density at radius 1 is 0.196 bits per heavy atom. The Kier molecular flexibility index (Phi) is 41.8. The topological polar surface area (TPSA) is 976 Å². The number of hydrogen-bond acceptors (Lipinski definition) is 59. The van der Waals surface area contributed by atoms with Crippen molar-refractivity contribution in [1.82, 2.24) is 21.3 Å². The minimum atomic E-state index is -2.62. The van der Waals surface area contributed by atoms with Crippen molar-refractivity contribution in [1.29, 1.82) is 0 Å². The molecule has 63 heteroatoms. The molecule has 12 heterocycles. The molecule has 12 rings (SSSR count). The van der Waals surface area contributed by atoms with Crippen molar-refractivity contribution in [2.24, 2.45) is 0 Å². The molecule has 4 amide bonds. The van der Waals surface area contributed by atoms with Gasteiger partial charge in [-0.05, 0) is 13.8 Å². The molecule has 36 N–H and O–H groups in total. The Bertz CT molecular complexity index is 3960. The normalized spacial score (nSPS) is 50.7. The van der Waals surface area contributed by atoms with Crippen LogP contribution in [0.15, 0.2) is 0 Å². The summed E-state index contributed by atoms with van der Waals surface area (Å²) < 4.78 is 139. The largest absolute Gasteiger partial charge is 0.394 e. The number of hydrogen-bond donors (Lipinski definition) is 36. The van der Waals surface area contributed by atoms with Gasteiger partial charge in [0.25, 0.3) is 0 Å². The lowest BCUT2D eigenvalue weighted by Crippen LogP contribution is -2.72. The van der Waals surface area contributed by atoms with E-state index in [4.69, 9.17) is 109 Å². The zero-order valence-corrected chi connectivity index (χ0v) is 77.0. The zero-order chi connectivity index (χ0) is 105. The molecule has 0 bridgehead atoms. The second-order valence-corrected chi connectivity index (χ2v) is 36.6. The van der Waals surface area contributed by atoms with Crippen LogP contribution in [0.4, 0.5) is 0 Å². The monoisotopic (exact) mass is 2090 g/mol. The summed E-state index contributed by atoms with van der Waals surface area (Å²) >= 11 is 0. The number of carbonyl (C=O) groups excluding carboxylic acids is 4. The minimum absolute atomic E-state index is 0.856. The summed E-state index contributed by atoms with van der Waals surface area (Å²) in [4.78, 5) is 53.9. The van der Waals surface area contributed by atoms with Crippen LogP contribution in [0.25, 0.3) is 0 Å². The maximum absolute atomic E-state index is 13.9. The highest BCUT2D eigenvalue weighted by Gasteiger charge is 2.64. The first kappa shape index (κ1) is 117. The SMILES string of the molecule is CC(=O)N[C@H]1[C@H](OC[C@H]2O[C@@H](O[C@H]3[C@H](O)[C@@H](O)C(O)O[C@@H]3CO)[C@H](O)[C@@H](O[C@@H]3O[C@H](CO)[C@@H](O[C@@H]4O[C@H](CO)[C@H](O)[C@H](O[C@@H]5O[C@H](CO)[C@@H](O)[C@H](O[C@@H]6O[C@H](CO)[C@H](O)[C@H](O)[C@H]6O)[C@H]5NC(C)=O)[C@H]4O)[C@H](O[C@@H]4O[C@@H](C)[C@@H](O)[C@@H](O)[C@@H]4O)[C@H]3NC(C)=O)[C@H]2O)O[C@H](CO)[C@@H](O[C@@H]2O[C@H](CO)[C@H](O)[C@H](O[C@@H]3O[C@H](CO)[C@@H](O)[C@H](O[C@@H]4O[C@H](CO)[C@H](O)[C@H](O)[C@H]4O)[C@H]3NC(C)=O)[C@H]2O)[C@@H]1O[C@@H]1O[C@@H](C)[C@@H](O)[C@@H](O)[C@@H]1O. The standard InChI is InChI=1S/C80H134N4O59/c1-17-37(98)46(107)52(113)74(122-17)139-64-35(83-21(5)96)70(131-30(14-92)60(64)135-78-56(117)66(43(104)27(11-89)129-78)141-71-33(81-19(3)94)62(41(102)25(9-87)125-71)137-76-54(115)48(109)39(100)23(7-85)127-76)121-16-32-45(106)68(58(119)80(133-32)134-59-29(13-91)124-69(120)51(112)50(59)111)143-73-36(84-22(6)97)65(140-75-53(114)47(108)38(99)18(2)123-75)61(31(15-93)132-73)136-79-57(118)67(44(105)28(12-90)130-79)142-72-34(82-20(4)95)63(42(103)26(10-88)126-72)138-77-55(116)49(110)40(101)24(8-86)128-77/h17-18,23-80,85-93,98-120H,7-16H2,1-6H3,(H,81,94)(H,82,95)(H,83,96)(H,84,97)/t17-,18-,23+,24+,25+,26+,27+,28+,29+,30+,31+,32+,33+,34+,35+,36+,37+,38+,39-,40-,41+,42+,43-,44-,45-,46+,47+,48-,49-,50+,51+,52-,53-,54+,55+,56+,57+,58+,59+,60+,61+,62+,63+,64+,65+,66-,67-,68-,69?,70+,71-,72-,73-,74-,75-,76-,77-,78-,79-,80-/m0/s1. The van der Waals surface area contributed by atoms with Crippen LogP contribution in [-0.4, -0.2) is 621 Å². The van der Waals surface area contributed by atoms with Crippen LogP contribution >= 0.6 is 0 Å². The third kappa shape index (κ3) is 25.6. The summed E-state index contributed by atoms with van der Waals surface area (Å²) in [5.41, 5.74) is 0. The first-order valence-corrected chi connectivity index (χ1v) is 45.9. The predicted molar refractivity (Wildman–Crippen MR) is 439 cm³/mol. The predicted octanol–water partition coefficient (Wildman–Crippen LogP) is -24.5. The van der Waals surface area contributed by atoms with Gasteiger partial charge >= 0.3 is 0 Å². The van der Waals surface area contributed by atoms with Gasteiger partial charge in [0.2, 0.25) is 23.6 Å². The second kappa shape index (κ2) is 51.0. The minimum Gasteiger partial charge on any atom is -0.394 e. The fourth-order valence-electron chi connectivity index (χ4n) is 18.8. The van der Waals surface area contributed by atoms with E-state index in [0.29, 0.717) is 0 Å². The van der Waals surface area contributed by atoms with Crippen LogP contribution in [0.1, 0.15) is 41.5 Å². The van der Waals surface area contributed by atoms with Gasteiger partial charge in [-0.3, -0.25) is 19.2 Å². The van der Waals surface area contributed by atoms with Crippen LogP contribution in [-0.2, 0) is 128 Å². The second-order valence-electron chi connectivity index (χ2n) is 36.6. The molecular weight excluding hydrogens is 1960 g/mol. The number of nitrogens with one attached hydrogen (secondary N) is 4. The van der Waals surface area contributed by atoms with E-state index in [1.54, 1.807) is 0 Å².